The standard InChI is InChI=1S/C20H15ClN4O2/c21-16-8-10-17(11-9-16)24-19(26)15-6-4-14(5-7-15)13-23-25-20(27)18-3-1-2-12-22-18/h1-13H,(H,24,26)(H,25,27)/b23-13+. The highest BCUT2D eigenvalue weighted by atomic mass is 35.5. The van der Waals surface area contributed by atoms with E-state index in [-0.39, 0.29) is 11.6 Å². The number of carbonyl (C=O) groups is 2. The number of nitrogens with one attached hydrogen (secondary N) is 2. The number of aromatic nitrogens is 1. The lowest BCUT2D eigenvalue weighted by molar-refractivity contribution is 0.0949. The average molecular weight is 379 g/mol. The molecule has 0 radical (unpaired) electrons. The van der Waals surface area contributed by atoms with E-state index >= 15 is 0 Å². The van der Waals surface area contributed by atoms with Crippen LogP contribution in [0.2, 0.25) is 5.02 Å². The summed E-state index contributed by atoms with van der Waals surface area (Å²) in [6.07, 6.45) is 3.02. The summed E-state index contributed by atoms with van der Waals surface area (Å²) in [5.74, 6) is -0.630. The van der Waals surface area contributed by atoms with Crippen LogP contribution in [0.1, 0.15) is 26.4 Å². The first-order chi connectivity index (χ1) is 13.1. The number of carbonyl (C=O) groups excluding carboxylic acids is 2. The molecule has 0 aliphatic carbocycles. The molecule has 0 bridgehead atoms. The van der Waals surface area contributed by atoms with E-state index in [0.717, 1.165) is 5.56 Å². The van der Waals surface area contributed by atoms with Crippen LogP contribution in [-0.4, -0.2) is 23.0 Å². The van der Waals surface area contributed by atoms with Gasteiger partial charge < -0.3 is 5.32 Å². The van der Waals surface area contributed by atoms with Crippen molar-refractivity contribution in [3.05, 3.63) is 94.8 Å². The van der Waals surface area contributed by atoms with Crippen molar-refractivity contribution in [3.63, 3.8) is 0 Å². The molecule has 2 amide bonds. The van der Waals surface area contributed by atoms with Gasteiger partial charge >= 0.3 is 0 Å². The molecule has 1 heterocycles. The molecule has 3 rings (SSSR count). The SMILES string of the molecule is O=C(Nc1ccc(Cl)cc1)c1ccc(/C=N/NC(=O)c2ccccn2)cc1. The summed E-state index contributed by atoms with van der Waals surface area (Å²) in [5.41, 5.74) is 4.58. The second-order valence-corrected chi connectivity index (χ2v) is 5.93. The Kier molecular flexibility index (Phi) is 5.91. The third-order valence-electron chi connectivity index (χ3n) is 3.55. The van der Waals surface area contributed by atoms with Gasteiger partial charge in [0.05, 0.1) is 6.21 Å². The fourth-order valence-electron chi connectivity index (χ4n) is 2.18. The monoisotopic (exact) mass is 378 g/mol. The Labute approximate surface area is 160 Å². The van der Waals surface area contributed by atoms with Crippen LogP contribution >= 0.6 is 11.6 Å². The number of hydrogen-bond donors (Lipinski definition) is 2. The molecular weight excluding hydrogens is 364 g/mol. The number of hydrazone groups is 1. The highest BCUT2D eigenvalue weighted by molar-refractivity contribution is 6.30. The zero-order valence-electron chi connectivity index (χ0n) is 14.1. The molecule has 0 spiro atoms. The number of anilines is 1. The van der Waals surface area contributed by atoms with Gasteiger partial charge in [0.2, 0.25) is 0 Å². The molecule has 27 heavy (non-hydrogen) atoms. The summed E-state index contributed by atoms with van der Waals surface area (Å²) in [6, 6.07) is 18.7. The predicted octanol–water partition coefficient (Wildman–Crippen LogP) is 3.75. The second-order valence-electron chi connectivity index (χ2n) is 5.50. The molecule has 0 fully saturated rings. The molecule has 7 heteroatoms. The normalized spacial score (nSPS) is 10.6. The molecule has 2 aromatic carbocycles. The van der Waals surface area contributed by atoms with E-state index in [2.05, 4.69) is 20.8 Å². The maximum atomic E-state index is 12.2. The van der Waals surface area contributed by atoms with Crippen molar-refractivity contribution in [2.45, 2.75) is 0 Å². The Morgan fingerprint density at radius 3 is 2.33 bits per heavy atom. The topological polar surface area (TPSA) is 83.5 Å². The molecular formula is C20H15ClN4O2. The van der Waals surface area contributed by atoms with E-state index in [9.17, 15) is 9.59 Å². The average Bonchev–Trinajstić information content (AvgIpc) is 2.71. The van der Waals surface area contributed by atoms with Crippen LogP contribution in [-0.2, 0) is 0 Å². The van der Waals surface area contributed by atoms with Crippen molar-refractivity contribution in [1.29, 1.82) is 0 Å². The van der Waals surface area contributed by atoms with Gasteiger partial charge in [-0.15, -0.1) is 0 Å². The minimum absolute atomic E-state index is 0.232. The molecule has 0 atom stereocenters. The van der Waals surface area contributed by atoms with Crippen LogP contribution in [0.3, 0.4) is 0 Å². The lowest BCUT2D eigenvalue weighted by Crippen LogP contribution is -2.18. The van der Waals surface area contributed by atoms with Gasteiger partial charge in [-0.05, 0) is 54.1 Å². The van der Waals surface area contributed by atoms with Crippen molar-refractivity contribution in [1.82, 2.24) is 10.4 Å². The van der Waals surface area contributed by atoms with Crippen molar-refractivity contribution >= 4 is 35.3 Å². The number of pyridine rings is 1. The van der Waals surface area contributed by atoms with Crippen molar-refractivity contribution in [3.8, 4) is 0 Å². The molecule has 0 unspecified atom stereocenters. The molecule has 0 aliphatic rings. The lowest BCUT2D eigenvalue weighted by Gasteiger charge is -2.05. The number of benzene rings is 2. The number of rotatable bonds is 5. The molecule has 3 aromatic rings. The molecule has 0 aliphatic heterocycles. The van der Waals surface area contributed by atoms with Gasteiger partial charge in [-0.2, -0.15) is 5.10 Å². The fraction of sp³-hybridized carbons (Fsp3) is 0. The van der Waals surface area contributed by atoms with Gasteiger partial charge in [-0.1, -0.05) is 29.8 Å². The van der Waals surface area contributed by atoms with E-state index in [1.807, 2.05) is 0 Å². The van der Waals surface area contributed by atoms with Gasteiger partial charge in [0.15, 0.2) is 0 Å². The summed E-state index contributed by atoms with van der Waals surface area (Å²) in [5, 5.41) is 7.28. The summed E-state index contributed by atoms with van der Waals surface area (Å²) in [4.78, 5) is 28.0. The fourth-order valence-corrected chi connectivity index (χ4v) is 2.30. The number of nitrogens with zero attached hydrogens (tertiary/aromatic N) is 2. The first-order valence-electron chi connectivity index (χ1n) is 8.03. The van der Waals surface area contributed by atoms with Gasteiger partial charge in [-0.3, -0.25) is 14.6 Å². The zero-order chi connectivity index (χ0) is 19.1. The van der Waals surface area contributed by atoms with E-state index in [4.69, 9.17) is 11.6 Å². The summed E-state index contributed by atoms with van der Waals surface area (Å²) in [6.45, 7) is 0. The van der Waals surface area contributed by atoms with Crippen LogP contribution in [0, 0.1) is 0 Å². The number of amides is 2. The van der Waals surface area contributed by atoms with E-state index in [1.54, 1.807) is 66.7 Å². The summed E-state index contributed by atoms with van der Waals surface area (Å²) >= 11 is 5.82. The number of hydrogen-bond acceptors (Lipinski definition) is 4. The molecule has 0 saturated heterocycles. The Morgan fingerprint density at radius 1 is 0.926 bits per heavy atom. The maximum absolute atomic E-state index is 12.2. The van der Waals surface area contributed by atoms with Gasteiger partial charge in [0.1, 0.15) is 5.69 Å². The largest absolute Gasteiger partial charge is 0.322 e. The van der Waals surface area contributed by atoms with Gasteiger partial charge in [0, 0.05) is 22.5 Å². The lowest BCUT2D eigenvalue weighted by atomic mass is 10.1. The molecule has 6 nitrogen and oxygen atoms in total. The van der Waals surface area contributed by atoms with Crippen LogP contribution in [0.5, 0.6) is 0 Å². The summed E-state index contributed by atoms with van der Waals surface area (Å²) in [7, 11) is 0. The third kappa shape index (κ3) is 5.23. The molecule has 2 N–H and O–H groups in total. The first-order valence-corrected chi connectivity index (χ1v) is 8.41. The highest BCUT2D eigenvalue weighted by Gasteiger charge is 2.06. The van der Waals surface area contributed by atoms with Crippen molar-refractivity contribution < 1.29 is 9.59 Å². The Hall–Kier alpha value is -3.51. The third-order valence-corrected chi connectivity index (χ3v) is 3.80. The quantitative estimate of drug-likeness (QED) is 0.524. The van der Waals surface area contributed by atoms with Crippen molar-refractivity contribution in [2.24, 2.45) is 5.10 Å². The van der Waals surface area contributed by atoms with Crippen LogP contribution in [0.15, 0.2) is 78.0 Å². The summed E-state index contributed by atoms with van der Waals surface area (Å²) < 4.78 is 0. The maximum Gasteiger partial charge on any atom is 0.289 e. The van der Waals surface area contributed by atoms with Crippen LogP contribution in [0.25, 0.3) is 0 Å². The van der Waals surface area contributed by atoms with Crippen molar-refractivity contribution in [2.75, 3.05) is 5.32 Å². The highest BCUT2D eigenvalue weighted by Crippen LogP contribution is 2.14. The van der Waals surface area contributed by atoms with Crippen LogP contribution in [0.4, 0.5) is 5.69 Å². The predicted molar refractivity (Wildman–Crippen MR) is 105 cm³/mol. The zero-order valence-corrected chi connectivity index (χ0v) is 14.9. The molecule has 134 valence electrons. The Balaban J connectivity index is 1.57. The van der Waals surface area contributed by atoms with E-state index in [0.29, 0.717) is 16.3 Å². The van der Waals surface area contributed by atoms with Gasteiger partial charge in [-0.25, -0.2) is 5.43 Å². The van der Waals surface area contributed by atoms with Gasteiger partial charge in [0.25, 0.3) is 11.8 Å². The Morgan fingerprint density at radius 2 is 1.67 bits per heavy atom. The second kappa shape index (κ2) is 8.73. The molecule has 1 aromatic heterocycles. The smallest absolute Gasteiger partial charge is 0.289 e. The van der Waals surface area contributed by atoms with E-state index in [1.165, 1.54) is 12.4 Å². The first kappa shape index (κ1) is 18.3. The minimum atomic E-state index is -0.397. The van der Waals surface area contributed by atoms with Crippen LogP contribution < -0.4 is 10.7 Å². The number of halogens is 1. The Bertz CT molecular complexity index is 956. The minimum Gasteiger partial charge on any atom is -0.322 e. The molecule has 0 saturated carbocycles. The van der Waals surface area contributed by atoms with E-state index < -0.39 is 5.91 Å².